The van der Waals surface area contributed by atoms with Gasteiger partial charge in [-0.15, -0.1) is 11.3 Å². The summed E-state index contributed by atoms with van der Waals surface area (Å²) in [5.41, 5.74) is 7.82. The summed E-state index contributed by atoms with van der Waals surface area (Å²) in [5.74, 6) is 0.243. The summed E-state index contributed by atoms with van der Waals surface area (Å²) in [5, 5.41) is 3.40. The molecule has 0 aliphatic carbocycles. The first-order valence-corrected chi connectivity index (χ1v) is 7.55. The lowest BCUT2D eigenvalue weighted by molar-refractivity contribution is 0.100. The van der Waals surface area contributed by atoms with Gasteiger partial charge in [0.05, 0.1) is 12.8 Å². The standard InChI is InChI=1S/C16H20N2O2S/c1-9-7-13(11(3)21-9)10(2)18-14-8-12(16(17)19)5-6-15(14)20-4/h5-8,10,18H,1-4H3,(H2,17,19). The zero-order valence-electron chi connectivity index (χ0n) is 12.7. The van der Waals surface area contributed by atoms with Crippen molar-refractivity contribution in [2.45, 2.75) is 26.8 Å². The van der Waals surface area contributed by atoms with Crippen molar-refractivity contribution < 1.29 is 9.53 Å². The van der Waals surface area contributed by atoms with Crippen molar-refractivity contribution in [3.05, 3.63) is 45.1 Å². The van der Waals surface area contributed by atoms with Gasteiger partial charge in [0, 0.05) is 21.4 Å². The van der Waals surface area contributed by atoms with Crippen LogP contribution in [0.15, 0.2) is 24.3 Å². The Labute approximate surface area is 128 Å². The third-order valence-corrected chi connectivity index (χ3v) is 4.38. The Morgan fingerprint density at radius 3 is 2.57 bits per heavy atom. The molecule has 5 heteroatoms. The van der Waals surface area contributed by atoms with Gasteiger partial charge < -0.3 is 15.8 Å². The lowest BCUT2D eigenvalue weighted by Gasteiger charge is -2.18. The van der Waals surface area contributed by atoms with Gasteiger partial charge in [-0.3, -0.25) is 4.79 Å². The summed E-state index contributed by atoms with van der Waals surface area (Å²) in [6.45, 7) is 6.30. The van der Waals surface area contributed by atoms with Crippen LogP contribution in [0.3, 0.4) is 0 Å². The van der Waals surface area contributed by atoms with E-state index in [1.165, 1.54) is 15.3 Å². The molecule has 0 saturated carbocycles. The number of primary amides is 1. The molecule has 1 aromatic carbocycles. The van der Waals surface area contributed by atoms with Crippen molar-refractivity contribution >= 4 is 22.9 Å². The first-order chi connectivity index (χ1) is 9.92. The van der Waals surface area contributed by atoms with Crippen LogP contribution in [-0.4, -0.2) is 13.0 Å². The van der Waals surface area contributed by atoms with Crippen LogP contribution in [0.1, 0.15) is 38.6 Å². The average molecular weight is 304 g/mol. The molecule has 0 aliphatic rings. The molecule has 0 spiro atoms. The topological polar surface area (TPSA) is 64.3 Å². The SMILES string of the molecule is COc1ccc(C(N)=O)cc1NC(C)c1cc(C)sc1C. The number of hydrogen-bond acceptors (Lipinski definition) is 4. The van der Waals surface area contributed by atoms with Crippen molar-refractivity contribution in [1.29, 1.82) is 0 Å². The lowest BCUT2D eigenvalue weighted by atomic mass is 10.1. The van der Waals surface area contributed by atoms with Gasteiger partial charge in [-0.1, -0.05) is 0 Å². The third-order valence-electron chi connectivity index (χ3n) is 3.40. The second kappa shape index (κ2) is 6.18. The molecular formula is C16H20N2O2S. The van der Waals surface area contributed by atoms with E-state index in [9.17, 15) is 4.79 Å². The first-order valence-electron chi connectivity index (χ1n) is 6.73. The molecule has 1 amide bonds. The molecule has 2 rings (SSSR count). The van der Waals surface area contributed by atoms with Crippen LogP contribution < -0.4 is 15.8 Å². The van der Waals surface area contributed by atoms with Crippen molar-refractivity contribution in [1.82, 2.24) is 0 Å². The molecule has 0 bridgehead atoms. The van der Waals surface area contributed by atoms with Crippen LogP contribution in [0.5, 0.6) is 5.75 Å². The maximum Gasteiger partial charge on any atom is 0.248 e. The Balaban J connectivity index is 2.31. The van der Waals surface area contributed by atoms with Crippen LogP contribution in [0, 0.1) is 13.8 Å². The first kappa shape index (κ1) is 15.4. The normalized spacial score (nSPS) is 12.0. The highest BCUT2D eigenvalue weighted by atomic mass is 32.1. The summed E-state index contributed by atoms with van der Waals surface area (Å²) >= 11 is 1.78. The van der Waals surface area contributed by atoms with Crippen LogP contribution in [0.2, 0.25) is 0 Å². The second-order valence-corrected chi connectivity index (χ2v) is 6.47. The molecule has 1 atom stereocenters. The van der Waals surface area contributed by atoms with Crippen LogP contribution >= 0.6 is 11.3 Å². The number of amides is 1. The molecule has 2 aromatic rings. The highest BCUT2D eigenvalue weighted by molar-refractivity contribution is 7.12. The van der Waals surface area contributed by atoms with Crippen LogP contribution in [0.25, 0.3) is 0 Å². The number of methoxy groups -OCH3 is 1. The maximum atomic E-state index is 11.3. The van der Waals surface area contributed by atoms with Crippen molar-refractivity contribution in [3.63, 3.8) is 0 Å². The van der Waals surface area contributed by atoms with E-state index in [0.717, 1.165) is 5.69 Å². The number of hydrogen-bond donors (Lipinski definition) is 2. The van der Waals surface area contributed by atoms with Crippen LogP contribution in [-0.2, 0) is 0 Å². The number of anilines is 1. The smallest absolute Gasteiger partial charge is 0.248 e. The Bertz CT molecular complexity index is 664. The molecule has 3 N–H and O–H groups in total. The van der Waals surface area contributed by atoms with Gasteiger partial charge in [0.25, 0.3) is 0 Å². The van der Waals surface area contributed by atoms with Gasteiger partial charge in [0.1, 0.15) is 5.75 Å². The van der Waals surface area contributed by atoms with E-state index in [1.807, 2.05) is 0 Å². The fourth-order valence-electron chi connectivity index (χ4n) is 2.37. The number of thiophene rings is 1. The van der Waals surface area contributed by atoms with E-state index in [-0.39, 0.29) is 6.04 Å². The van der Waals surface area contributed by atoms with Gasteiger partial charge >= 0.3 is 0 Å². The van der Waals surface area contributed by atoms with Gasteiger partial charge in [0.2, 0.25) is 5.91 Å². The van der Waals surface area contributed by atoms with Crippen LogP contribution in [0.4, 0.5) is 5.69 Å². The lowest BCUT2D eigenvalue weighted by Crippen LogP contribution is -2.13. The van der Waals surface area contributed by atoms with E-state index in [0.29, 0.717) is 11.3 Å². The van der Waals surface area contributed by atoms with Crippen molar-refractivity contribution in [2.75, 3.05) is 12.4 Å². The summed E-state index contributed by atoms with van der Waals surface area (Å²) in [7, 11) is 1.61. The fourth-order valence-corrected chi connectivity index (χ4v) is 3.39. The summed E-state index contributed by atoms with van der Waals surface area (Å²) in [6.07, 6.45) is 0. The number of nitrogens with one attached hydrogen (secondary N) is 1. The molecule has 1 heterocycles. The number of carbonyl (C=O) groups excluding carboxylic acids is 1. The van der Waals surface area contributed by atoms with Gasteiger partial charge in [0.15, 0.2) is 0 Å². The summed E-state index contributed by atoms with van der Waals surface area (Å²) in [4.78, 5) is 13.9. The Hall–Kier alpha value is -2.01. The minimum Gasteiger partial charge on any atom is -0.495 e. The second-order valence-electron chi connectivity index (χ2n) is 5.01. The molecule has 112 valence electrons. The molecular weight excluding hydrogens is 284 g/mol. The van der Waals surface area contributed by atoms with Gasteiger partial charge in [-0.2, -0.15) is 0 Å². The quantitative estimate of drug-likeness (QED) is 0.886. The zero-order chi connectivity index (χ0) is 15.6. The molecule has 0 radical (unpaired) electrons. The predicted octanol–water partition coefficient (Wildman–Crippen LogP) is 3.65. The number of aryl methyl sites for hydroxylation is 2. The molecule has 0 saturated heterocycles. The number of rotatable bonds is 5. The highest BCUT2D eigenvalue weighted by Crippen LogP contribution is 2.32. The van der Waals surface area contributed by atoms with E-state index in [4.69, 9.17) is 10.5 Å². The maximum absolute atomic E-state index is 11.3. The van der Waals surface area contributed by atoms with Crippen molar-refractivity contribution in [2.24, 2.45) is 5.73 Å². The third kappa shape index (κ3) is 3.36. The van der Waals surface area contributed by atoms with E-state index >= 15 is 0 Å². The number of ether oxygens (including phenoxy) is 1. The monoisotopic (exact) mass is 304 g/mol. The minimum absolute atomic E-state index is 0.118. The molecule has 0 fully saturated rings. The average Bonchev–Trinajstić information content (AvgIpc) is 2.77. The fraction of sp³-hybridized carbons (Fsp3) is 0.312. The highest BCUT2D eigenvalue weighted by Gasteiger charge is 2.14. The Kier molecular flexibility index (Phi) is 4.53. The Morgan fingerprint density at radius 2 is 2.05 bits per heavy atom. The number of benzene rings is 1. The van der Waals surface area contributed by atoms with E-state index in [2.05, 4.69) is 32.2 Å². The van der Waals surface area contributed by atoms with E-state index in [1.54, 1.807) is 36.6 Å². The van der Waals surface area contributed by atoms with E-state index < -0.39 is 5.91 Å². The summed E-state index contributed by atoms with van der Waals surface area (Å²) in [6, 6.07) is 7.44. The molecule has 0 aliphatic heterocycles. The van der Waals surface area contributed by atoms with Gasteiger partial charge in [-0.05, 0) is 50.6 Å². The molecule has 21 heavy (non-hydrogen) atoms. The zero-order valence-corrected chi connectivity index (χ0v) is 13.5. The minimum atomic E-state index is -0.448. The molecule has 1 unspecified atom stereocenters. The molecule has 1 aromatic heterocycles. The predicted molar refractivity (Wildman–Crippen MR) is 87.3 cm³/mol. The van der Waals surface area contributed by atoms with Gasteiger partial charge in [-0.25, -0.2) is 0 Å². The largest absolute Gasteiger partial charge is 0.495 e. The Morgan fingerprint density at radius 1 is 1.33 bits per heavy atom. The van der Waals surface area contributed by atoms with Crippen molar-refractivity contribution in [3.8, 4) is 5.75 Å². The summed E-state index contributed by atoms with van der Waals surface area (Å²) < 4.78 is 5.34. The number of carbonyl (C=O) groups is 1. The molecule has 4 nitrogen and oxygen atoms in total. The number of nitrogens with two attached hydrogens (primary N) is 1.